The molecule has 0 heterocycles. The molecule has 0 aliphatic carbocycles. The standard InChI is InChI=1S/C19H17N3O5/c1-13(23)21-15-6-4-7-16(9-15)22-18(24)11-27-19(25)12-26-17-8-3-2-5-14(17)10-20/h2-9H,11-12H2,1H3,(H,21,23)(H,22,24). The van der Waals surface area contributed by atoms with Crippen LogP contribution >= 0.6 is 0 Å². The summed E-state index contributed by atoms with van der Waals surface area (Å²) in [4.78, 5) is 34.6. The zero-order chi connectivity index (χ0) is 19.6. The van der Waals surface area contributed by atoms with Gasteiger partial charge in [0.05, 0.1) is 5.56 Å². The number of nitrogens with zero attached hydrogens (tertiary/aromatic N) is 1. The van der Waals surface area contributed by atoms with E-state index in [0.717, 1.165) is 0 Å². The lowest BCUT2D eigenvalue weighted by Crippen LogP contribution is -2.23. The molecule has 0 saturated carbocycles. The summed E-state index contributed by atoms with van der Waals surface area (Å²) >= 11 is 0. The molecule has 138 valence electrons. The molecule has 8 heteroatoms. The number of carbonyl (C=O) groups is 3. The van der Waals surface area contributed by atoms with Gasteiger partial charge in [0.15, 0.2) is 13.2 Å². The Hall–Kier alpha value is -3.86. The quantitative estimate of drug-likeness (QED) is 0.724. The zero-order valence-corrected chi connectivity index (χ0v) is 14.5. The SMILES string of the molecule is CC(=O)Nc1cccc(NC(=O)COC(=O)COc2ccccc2C#N)c1. The number of hydrogen-bond donors (Lipinski definition) is 2. The molecule has 0 radical (unpaired) electrons. The molecule has 0 aliphatic rings. The van der Waals surface area contributed by atoms with E-state index in [-0.39, 0.29) is 11.7 Å². The number of anilines is 2. The van der Waals surface area contributed by atoms with Crippen molar-refractivity contribution in [2.75, 3.05) is 23.8 Å². The molecule has 0 fully saturated rings. The molecule has 0 saturated heterocycles. The van der Waals surface area contributed by atoms with Crippen LogP contribution in [-0.4, -0.2) is 31.0 Å². The molecule has 0 bridgehead atoms. The fraction of sp³-hybridized carbons (Fsp3) is 0.158. The van der Waals surface area contributed by atoms with Crippen LogP contribution in [0.5, 0.6) is 5.75 Å². The number of amides is 2. The molecule has 2 amide bonds. The van der Waals surface area contributed by atoms with Gasteiger partial charge in [-0.2, -0.15) is 5.26 Å². The minimum atomic E-state index is -0.745. The van der Waals surface area contributed by atoms with Crippen molar-refractivity contribution in [3.8, 4) is 11.8 Å². The van der Waals surface area contributed by atoms with Gasteiger partial charge in [-0.25, -0.2) is 4.79 Å². The molecule has 2 rings (SSSR count). The lowest BCUT2D eigenvalue weighted by Gasteiger charge is -2.09. The monoisotopic (exact) mass is 367 g/mol. The van der Waals surface area contributed by atoms with Gasteiger partial charge in [-0.3, -0.25) is 9.59 Å². The third kappa shape index (κ3) is 6.51. The Bertz CT molecular complexity index is 889. The number of para-hydroxylation sites is 1. The topological polar surface area (TPSA) is 118 Å². The lowest BCUT2D eigenvalue weighted by molar-refractivity contribution is -0.149. The smallest absolute Gasteiger partial charge is 0.344 e. The molecule has 0 spiro atoms. The number of esters is 1. The third-order valence-corrected chi connectivity index (χ3v) is 3.18. The first-order chi connectivity index (χ1) is 13.0. The molecule has 0 aliphatic heterocycles. The first-order valence-electron chi connectivity index (χ1n) is 7.93. The first kappa shape index (κ1) is 19.5. The normalized spacial score (nSPS) is 9.63. The summed E-state index contributed by atoms with van der Waals surface area (Å²) in [5, 5.41) is 14.1. The number of carbonyl (C=O) groups excluding carboxylic acids is 3. The summed E-state index contributed by atoms with van der Waals surface area (Å²) in [5.74, 6) is -1.26. The third-order valence-electron chi connectivity index (χ3n) is 3.18. The van der Waals surface area contributed by atoms with E-state index in [1.807, 2.05) is 6.07 Å². The van der Waals surface area contributed by atoms with Crippen LogP contribution in [0.2, 0.25) is 0 Å². The highest BCUT2D eigenvalue weighted by Crippen LogP contribution is 2.16. The van der Waals surface area contributed by atoms with Crippen molar-refractivity contribution in [1.82, 2.24) is 0 Å². The maximum absolute atomic E-state index is 11.9. The van der Waals surface area contributed by atoms with Crippen LogP contribution in [0.25, 0.3) is 0 Å². The van der Waals surface area contributed by atoms with Crippen LogP contribution in [-0.2, 0) is 19.1 Å². The highest BCUT2D eigenvalue weighted by atomic mass is 16.6. The molecule has 27 heavy (non-hydrogen) atoms. The van der Waals surface area contributed by atoms with E-state index in [9.17, 15) is 14.4 Å². The molecule has 8 nitrogen and oxygen atoms in total. The zero-order valence-electron chi connectivity index (χ0n) is 14.5. The molecule has 2 N–H and O–H groups in total. The molecule has 0 aromatic heterocycles. The Morgan fingerprint density at radius 3 is 2.41 bits per heavy atom. The Morgan fingerprint density at radius 1 is 1.00 bits per heavy atom. The maximum atomic E-state index is 11.9. The van der Waals surface area contributed by atoms with E-state index in [1.54, 1.807) is 48.5 Å². The number of hydrogen-bond acceptors (Lipinski definition) is 6. The van der Waals surface area contributed by atoms with E-state index in [0.29, 0.717) is 16.9 Å². The summed E-state index contributed by atoms with van der Waals surface area (Å²) in [6, 6.07) is 14.9. The van der Waals surface area contributed by atoms with Gasteiger partial charge in [0, 0.05) is 18.3 Å². The lowest BCUT2D eigenvalue weighted by atomic mass is 10.2. The Balaban J connectivity index is 1.79. The largest absolute Gasteiger partial charge is 0.481 e. The summed E-state index contributed by atoms with van der Waals surface area (Å²) in [5.41, 5.74) is 1.27. The number of benzene rings is 2. The van der Waals surface area contributed by atoms with Crippen molar-refractivity contribution in [3.05, 3.63) is 54.1 Å². The van der Waals surface area contributed by atoms with Crippen molar-refractivity contribution in [1.29, 1.82) is 5.26 Å². The minimum absolute atomic E-state index is 0.231. The van der Waals surface area contributed by atoms with Gasteiger partial charge >= 0.3 is 5.97 Å². The second-order valence-electron chi connectivity index (χ2n) is 5.37. The van der Waals surface area contributed by atoms with Crippen molar-refractivity contribution >= 4 is 29.2 Å². The number of rotatable bonds is 7. The van der Waals surface area contributed by atoms with Crippen LogP contribution in [0, 0.1) is 11.3 Å². The molecular weight excluding hydrogens is 350 g/mol. The Labute approximate surface area is 155 Å². The molecule has 2 aromatic carbocycles. The van der Waals surface area contributed by atoms with Crippen LogP contribution in [0.15, 0.2) is 48.5 Å². The van der Waals surface area contributed by atoms with E-state index in [4.69, 9.17) is 14.7 Å². The van der Waals surface area contributed by atoms with Crippen molar-refractivity contribution in [2.45, 2.75) is 6.92 Å². The predicted molar refractivity (Wildman–Crippen MR) is 97.0 cm³/mol. The van der Waals surface area contributed by atoms with Crippen LogP contribution < -0.4 is 15.4 Å². The number of nitriles is 1. The van der Waals surface area contributed by atoms with E-state index < -0.39 is 25.1 Å². The number of nitrogens with one attached hydrogen (secondary N) is 2. The minimum Gasteiger partial charge on any atom is -0.481 e. The molecule has 2 aromatic rings. The van der Waals surface area contributed by atoms with Gasteiger partial charge in [-0.1, -0.05) is 18.2 Å². The summed E-state index contributed by atoms with van der Waals surface area (Å²) in [6.45, 7) is 0.457. The van der Waals surface area contributed by atoms with Gasteiger partial charge in [-0.15, -0.1) is 0 Å². The van der Waals surface area contributed by atoms with E-state index in [1.165, 1.54) is 6.92 Å². The fourth-order valence-electron chi connectivity index (χ4n) is 2.08. The van der Waals surface area contributed by atoms with Gasteiger partial charge in [0.1, 0.15) is 11.8 Å². The predicted octanol–water partition coefficient (Wildman–Crippen LogP) is 2.08. The van der Waals surface area contributed by atoms with E-state index in [2.05, 4.69) is 10.6 Å². The second-order valence-corrected chi connectivity index (χ2v) is 5.37. The Kier molecular flexibility index (Phi) is 6.91. The summed E-state index contributed by atoms with van der Waals surface area (Å²) in [7, 11) is 0. The number of ether oxygens (including phenoxy) is 2. The van der Waals surface area contributed by atoms with Crippen LogP contribution in [0.3, 0.4) is 0 Å². The molecular formula is C19H17N3O5. The maximum Gasteiger partial charge on any atom is 0.344 e. The van der Waals surface area contributed by atoms with Crippen molar-refractivity contribution in [3.63, 3.8) is 0 Å². The highest BCUT2D eigenvalue weighted by Gasteiger charge is 2.10. The van der Waals surface area contributed by atoms with Crippen molar-refractivity contribution < 1.29 is 23.9 Å². The fourth-order valence-corrected chi connectivity index (χ4v) is 2.08. The highest BCUT2D eigenvalue weighted by molar-refractivity contribution is 5.94. The molecule has 0 unspecified atom stereocenters. The van der Waals surface area contributed by atoms with Gasteiger partial charge < -0.3 is 20.1 Å². The van der Waals surface area contributed by atoms with Crippen LogP contribution in [0.1, 0.15) is 12.5 Å². The Morgan fingerprint density at radius 2 is 1.70 bits per heavy atom. The van der Waals surface area contributed by atoms with Crippen molar-refractivity contribution in [2.24, 2.45) is 0 Å². The summed E-state index contributed by atoms with van der Waals surface area (Å²) in [6.07, 6.45) is 0. The average molecular weight is 367 g/mol. The summed E-state index contributed by atoms with van der Waals surface area (Å²) < 4.78 is 10.1. The van der Waals surface area contributed by atoms with Gasteiger partial charge in [-0.05, 0) is 30.3 Å². The molecule has 0 atom stereocenters. The van der Waals surface area contributed by atoms with Crippen LogP contribution in [0.4, 0.5) is 11.4 Å². The second kappa shape index (κ2) is 9.58. The average Bonchev–Trinajstić information content (AvgIpc) is 2.64. The first-order valence-corrected chi connectivity index (χ1v) is 7.93. The van der Waals surface area contributed by atoms with Gasteiger partial charge in [0.2, 0.25) is 5.91 Å². The van der Waals surface area contributed by atoms with Gasteiger partial charge in [0.25, 0.3) is 5.91 Å². The van der Waals surface area contributed by atoms with E-state index >= 15 is 0 Å².